The largest absolute Gasteiger partial charge is 0.318 e. The van der Waals surface area contributed by atoms with Gasteiger partial charge in [0, 0.05) is 6.54 Å². The number of nitrogens with one attached hydrogen (secondary N) is 1. The van der Waals surface area contributed by atoms with Crippen molar-refractivity contribution in [1.29, 1.82) is 0 Å². The predicted molar refractivity (Wildman–Crippen MR) is 68.4 cm³/mol. The molecule has 4 heteroatoms. The maximum Gasteiger partial charge on any atom is 0.159 e. The van der Waals surface area contributed by atoms with Gasteiger partial charge in [0.2, 0.25) is 0 Å². The van der Waals surface area contributed by atoms with Crippen LogP contribution >= 0.6 is 0 Å². The van der Waals surface area contributed by atoms with Crippen LogP contribution in [0.1, 0.15) is 24.8 Å². The number of benzene rings is 1. The highest BCUT2D eigenvalue weighted by molar-refractivity contribution is 5.27. The van der Waals surface area contributed by atoms with E-state index >= 15 is 0 Å². The van der Waals surface area contributed by atoms with E-state index < -0.39 is 11.6 Å². The summed E-state index contributed by atoms with van der Waals surface area (Å²) in [6.45, 7) is 1.73. The lowest BCUT2D eigenvalue weighted by atomic mass is 9.80. The van der Waals surface area contributed by atoms with Gasteiger partial charge in [-0.3, -0.25) is 4.90 Å². The second-order valence-electron chi connectivity index (χ2n) is 5.07. The Bertz CT molecular complexity index is 418. The summed E-state index contributed by atoms with van der Waals surface area (Å²) >= 11 is 0. The number of likely N-dealkylation sites (N-methyl/N-ethyl adjacent to an activating group) is 2. The standard InChI is InChI=1S/C14H20F2N2/c1-17-10-14(7-3-4-8-18(14)2)11-5-6-12(15)13(16)9-11/h5-6,9,17H,3-4,7-8,10H2,1-2H3. The van der Waals surface area contributed by atoms with Crippen LogP contribution in [0.25, 0.3) is 0 Å². The van der Waals surface area contributed by atoms with Crippen molar-refractivity contribution in [3.05, 3.63) is 35.4 Å². The van der Waals surface area contributed by atoms with Gasteiger partial charge in [-0.2, -0.15) is 0 Å². The molecule has 1 atom stereocenters. The molecule has 100 valence electrons. The SMILES string of the molecule is CNCC1(c2ccc(F)c(F)c2)CCCCN1C. The molecule has 1 aromatic carbocycles. The molecule has 0 amide bonds. The maximum absolute atomic E-state index is 13.5. The van der Waals surface area contributed by atoms with Crippen molar-refractivity contribution in [2.75, 3.05) is 27.2 Å². The Morgan fingerprint density at radius 1 is 1.28 bits per heavy atom. The van der Waals surface area contributed by atoms with Crippen LogP contribution < -0.4 is 5.32 Å². The smallest absolute Gasteiger partial charge is 0.159 e. The topological polar surface area (TPSA) is 15.3 Å². The Balaban J connectivity index is 2.42. The first-order valence-electron chi connectivity index (χ1n) is 6.41. The highest BCUT2D eigenvalue weighted by atomic mass is 19.2. The molecule has 0 aromatic heterocycles. The average molecular weight is 254 g/mol. The highest BCUT2D eigenvalue weighted by Gasteiger charge is 2.38. The highest BCUT2D eigenvalue weighted by Crippen LogP contribution is 2.36. The summed E-state index contributed by atoms with van der Waals surface area (Å²) in [5.41, 5.74) is 0.639. The first kappa shape index (κ1) is 13.4. The van der Waals surface area contributed by atoms with Crippen LogP contribution in [0.3, 0.4) is 0 Å². The van der Waals surface area contributed by atoms with Crippen LogP contribution in [-0.2, 0) is 5.54 Å². The number of hydrogen-bond acceptors (Lipinski definition) is 2. The van der Waals surface area contributed by atoms with Crippen LogP contribution in [0.15, 0.2) is 18.2 Å². The molecule has 1 heterocycles. The van der Waals surface area contributed by atoms with Crippen molar-refractivity contribution >= 4 is 0 Å². The minimum absolute atomic E-state index is 0.221. The maximum atomic E-state index is 13.5. The lowest BCUT2D eigenvalue weighted by Crippen LogP contribution is -2.52. The Morgan fingerprint density at radius 2 is 2.06 bits per heavy atom. The van der Waals surface area contributed by atoms with Gasteiger partial charge in [0.25, 0.3) is 0 Å². The van der Waals surface area contributed by atoms with Gasteiger partial charge in [-0.15, -0.1) is 0 Å². The van der Waals surface area contributed by atoms with E-state index in [1.165, 1.54) is 12.1 Å². The fourth-order valence-corrected chi connectivity index (χ4v) is 2.94. The van der Waals surface area contributed by atoms with Crippen LogP contribution in [0, 0.1) is 11.6 Å². The van der Waals surface area contributed by atoms with E-state index in [4.69, 9.17) is 0 Å². The van der Waals surface area contributed by atoms with Gasteiger partial charge in [-0.1, -0.05) is 6.07 Å². The fraction of sp³-hybridized carbons (Fsp3) is 0.571. The molecule has 2 rings (SSSR count). The number of hydrogen-bond donors (Lipinski definition) is 1. The van der Waals surface area contributed by atoms with Gasteiger partial charge in [0.15, 0.2) is 11.6 Å². The van der Waals surface area contributed by atoms with Crippen LogP contribution in [0.4, 0.5) is 8.78 Å². The normalized spacial score (nSPS) is 25.3. The zero-order chi connectivity index (χ0) is 13.2. The Hall–Kier alpha value is -1.00. The number of piperidine rings is 1. The Labute approximate surface area is 107 Å². The molecule has 0 saturated carbocycles. The van der Waals surface area contributed by atoms with E-state index in [-0.39, 0.29) is 5.54 Å². The third-order valence-electron chi connectivity index (χ3n) is 3.99. The first-order chi connectivity index (χ1) is 8.60. The van der Waals surface area contributed by atoms with E-state index in [1.54, 1.807) is 6.07 Å². The third-order valence-corrected chi connectivity index (χ3v) is 3.99. The van der Waals surface area contributed by atoms with Crippen molar-refractivity contribution < 1.29 is 8.78 Å². The van der Waals surface area contributed by atoms with Gasteiger partial charge in [-0.05, 0) is 57.6 Å². The second-order valence-corrected chi connectivity index (χ2v) is 5.07. The van der Waals surface area contributed by atoms with Crippen molar-refractivity contribution in [2.24, 2.45) is 0 Å². The van der Waals surface area contributed by atoms with E-state index in [0.29, 0.717) is 0 Å². The molecule has 1 aromatic rings. The van der Waals surface area contributed by atoms with Gasteiger partial charge in [0.1, 0.15) is 0 Å². The molecule has 1 N–H and O–H groups in total. The molecule has 0 bridgehead atoms. The van der Waals surface area contributed by atoms with E-state index in [2.05, 4.69) is 17.3 Å². The lowest BCUT2D eigenvalue weighted by molar-refractivity contribution is 0.0712. The number of halogens is 2. The molecule has 1 fully saturated rings. The van der Waals surface area contributed by atoms with E-state index in [9.17, 15) is 8.78 Å². The van der Waals surface area contributed by atoms with Gasteiger partial charge >= 0.3 is 0 Å². The molecule has 18 heavy (non-hydrogen) atoms. The molecular weight excluding hydrogens is 234 g/mol. The summed E-state index contributed by atoms with van der Waals surface area (Å²) in [5.74, 6) is -1.54. The van der Waals surface area contributed by atoms with Crippen LogP contribution in [0.2, 0.25) is 0 Å². The molecule has 0 spiro atoms. The zero-order valence-electron chi connectivity index (χ0n) is 11.0. The summed E-state index contributed by atoms with van der Waals surface area (Å²) < 4.78 is 26.5. The van der Waals surface area contributed by atoms with E-state index in [0.717, 1.165) is 37.9 Å². The quantitative estimate of drug-likeness (QED) is 0.891. The van der Waals surface area contributed by atoms with Crippen molar-refractivity contribution in [3.63, 3.8) is 0 Å². The predicted octanol–water partition coefficient (Wildman–Crippen LogP) is 2.50. The Kier molecular flexibility index (Phi) is 3.97. The van der Waals surface area contributed by atoms with Crippen molar-refractivity contribution in [2.45, 2.75) is 24.8 Å². The summed E-state index contributed by atoms with van der Waals surface area (Å²) in [5, 5.41) is 3.18. The molecule has 1 saturated heterocycles. The third kappa shape index (κ3) is 2.27. The number of nitrogens with zero attached hydrogens (tertiary/aromatic N) is 1. The molecule has 1 unspecified atom stereocenters. The summed E-state index contributed by atoms with van der Waals surface area (Å²) in [7, 11) is 3.95. The minimum atomic E-state index is -0.781. The van der Waals surface area contributed by atoms with Crippen molar-refractivity contribution in [1.82, 2.24) is 10.2 Å². The fourth-order valence-electron chi connectivity index (χ4n) is 2.94. The molecule has 1 aliphatic rings. The van der Waals surface area contributed by atoms with Crippen molar-refractivity contribution in [3.8, 4) is 0 Å². The van der Waals surface area contributed by atoms with E-state index in [1.807, 2.05) is 7.05 Å². The second kappa shape index (κ2) is 5.33. The molecule has 2 nitrogen and oxygen atoms in total. The first-order valence-corrected chi connectivity index (χ1v) is 6.41. The lowest BCUT2D eigenvalue weighted by Gasteiger charge is -2.46. The summed E-state index contributed by atoms with van der Waals surface area (Å²) in [4.78, 5) is 2.25. The number of likely N-dealkylation sites (tertiary alicyclic amines) is 1. The van der Waals surface area contributed by atoms with Crippen LogP contribution in [0.5, 0.6) is 0 Å². The number of rotatable bonds is 3. The molecule has 1 aliphatic heterocycles. The zero-order valence-corrected chi connectivity index (χ0v) is 11.0. The molecule has 0 radical (unpaired) electrons. The van der Waals surface area contributed by atoms with Gasteiger partial charge < -0.3 is 5.32 Å². The monoisotopic (exact) mass is 254 g/mol. The minimum Gasteiger partial charge on any atom is -0.318 e. The van der Waals surface area contributed by atoms with Gasteiger partial charge in [0.05, 0.1) is 5.54 Å². The molecule has 0 aliphatic carbocycles. The Morgan fingerprint density at radius 3 is 2.67 bits per heavy atom. The summed E-state index contributed by atoms with van der Waals surface area (Å²) in [6.07, 6.45) is 3.24. The van der Waals surface area contributed by atoms with Gasteiger partial charge in [-0.25, -0.2) is 8.78 Å². The summed E-state index contributed by atoms with van der Waals surface area (Å²) in [6, 6.07) is 4.27. The average Bonchev–Trinajstić information content (AvgIpc) is 2.36. The molecular formula is C14H20F2N2. The van der Waals surface area contributed by atoms with Crippen LogP contribution in [-0.4, -0.2) is 32.1 Å².